The highest BCUT2D eigenvalue weighted by atomic mass is 16.5. The number of nitrogen functional groups attached to an aromatic ring is 1. The van der Waals surface area contributed by atoms with Crippen molar-refractivity contribution in [1.29, 1.82) is 5.26 Å². The van der Waals surface area contributed by atoms with Crippen molar-refractivity contribution < 1.29 is 14.6 Å². The van der Waals surface area contributed by atoms with Crippen molar-refractivity contribution in [3.63, 3.8) is 0 Å². The van der Waals surface area contributed by atoms with Crippen LogP contribution in [0.3, 0.4) is 0 Å². The third-order valence-electron chi connectivity index (χ3n) is 2.24. The van der Waals surface area contributed by atoms with Crippen molar-refractivity contribution in [2.75, 3.05) is 12.8 Å². The Bertz CT molecular complexity index is 687. The Labute approximate surface area is 106 Å². The van der Waals surface area contributed by atoms with E-state index in [1.807, 2.05) is 6.07 Å². The minimum absolute atomic E-state index is 0.0408. The van der Waals surface area contributed by atoms with Crippen molar-refractivity contribution >= 4 is 11.8 Å². The molecule has 0 unspecified atom stereocenters. The Hall–Kier alpha value is -3.15. The fourth-order valence-corrected chi connectivity index (χ4v) is 1.35. The quantitative estimate of drug-likeness (QED) is 0.774. The van der Waals surface area contributed by atoms with Crippen LogP contribution in [0, 0.1) is 11.3 Å². The van der Waals surface area contributed by atoms with Crippen LogP contribution in [-0.2, 0) is 0 Å². The molecular formula is C10H8N6O3. The number of ether oxygens (including phenoxy) is 1. The second-order valence-electron chi connectivity index (χ2n) is 3.37. The van der Waals surface area contributed by atoms with Crippen LogP contribution in [0.1, 0.15) is 16.1 Å². The highest BCUT2D eigenvalue weighted by Crippen LogP contribution is 2.17. The van der Waals surface area contributed by atoms with E-state index in [1.165, 1.54) is 13.2 Å². The van der Waals surface area contributed by atoms with E-state index < -0.39 is 5.97 Å². The topological polar surface area (TPSA) is 140 Å². The second kappa shape index (κ2) is 4.61. The van der Waals surface area contributed by atoms with Crippen molar-refractivity contribution in [3.8, 4) is 17.9 Å². The predicted octanol–water partition coefficient (Wildman–Crippen LogP) is -0.177. The summed E-state index contributed by atoms with van der Waals surface area (Å²) in [5.74, 6) is -1.24. The summed E-state index contributed by atoms with van der Waals surface area (Å²) in [6.07, 6.45) is 1.08. The van der Waals surface area contributed by atoms with E-state index >= 15 is 0 Å². The van der Waals surface area contributed by atoms with E-state index in [-0.39, 0.29) is 28.9 Å². The van der Waals surface area contributed by atoms with Gasteiger partial charge in [0.1, 0.15) is 23.1 Å². The maximum absolute atomic E-state index is 10.9. The monoisotopic (exact) mass is 260 g/mol. The summed E-state index contributed by atoms with van der Waals surface area (Å²) in [6, 6.07) is 3.17. The molecule has 96 valence electrons. The molecule has 2 heterocycles. The van der Waals surface area contributed by atoms with E-state index in [0.717, 1.165) is 10.9 Å². The summed E-state index contributed by atoms with van der Waals surface area (Å²) in [5, 5.41) is 21.5. The van der Waals surface area contributed by atoms with Crippen LogP contribution in [0.4, 0.5) is 5.82 Å². The van der Waals surface area contributed by atoms with Crippen LogP contribution in [-0.4, -0.2) is 37.9 Å². The predicted molar refractivity (Wildman–Crippen MR) is 61.8 cm³/mol. The molecule has 2 aromatic rings. The first-order chi connectivity index (χ1) is 9.06. The van der Waals surface area contributed by atoms with Crippen LogP contribution in [0.2, 0.25) is 0 Å². The van der Waals surface area contributed by atoms with Crippen LogP contribution in [0.5, 0.6) is 5.88 Å². The maximum atomic E-state index is 10.9. The lowest BCUT2D eigenvalue weighted by Gasteiger charge is -2.05. The Morgan fingerprint density at radius 2 is 2.32 bits per heavy atom. The summed E-state index contributed by atoms with van der Waals surface area (Å²) in [7, 11) is 1.38. The van der Waals surface area contributed by atoms with Gasteiger partial charge in [-0.25, -0.2) is 4.79 Å². The van der Waals surface area contributed by atoms with Crippen LogP contribution in [0.15, 0.2) is 12.3 Å². The number of hydrogen-bond donors (Lipinski definition) is 2. The molecule has 0 aliphatic carbocycles. The number of aromatic nitrogens is 4. The van der Waals surface area contributed by atoms with Gasteiger partial charge in [0.2, 0.25) is 5.88 Å². The van der Waals surface area contributed by atoms with Gasteiger partial charge in [-0.1, -0.05) is 0 Å². The molecule has 3 N–H and O–H groups in total. The number of nitrogens with two attached hydrogens (primary N) is 1. The zero-order chi connectivity index (χ0) is 14.0. The summed E-state index contributed by atoms with van der Waals surface area (Å²) >= 11 is 0. The third-order valence-corrected chi connectivity index (χ3v) is 2.24. The number of hydrogen-bond acceptors (Lipinski definition) is 7. The van der Waals surface area contributed by atoms with Crippen molar-refractivity contribution in [2.24, 2.45) is 0 Å². The minimum atomic E-state index is -1.22. The number of nitriles is 1. The van der Waals surface area contributed by atoms with E-state index in [0.29, 0.717) is 0 Å². The van der Waals surface area contributed by atoms with Gasteiger partial charge in [0, 0.05) is 6.07 Å². The lowest BCUT2D eigenvalue weighted by Crippen LogP contribution is -2.10. The number of carboxylic acid groups (broad SMARTS) is 1. The Morgan fingerprint density at radius 3 is 2.84 bits per heavy atom. The molecule has 19 heavy (non-hydrogen) atoms. The highest BCUT2D eigenvalue weighted by Gasteiger charge is 2.17. The van der Waals surface area contributed by atoms with Gasteiger partial charge in [-0.3, -0.25) is 0 Å². The number of aromatic carboxylic acids is 1. The molecule has 0 fully saturated rings. The third kappa shape index (κ3) is 2.14. The maximum Gasteiger partial charge on any atom is 0.341 e. The van der Waals surface area contributed by atoms with Crippen molar-refractivity contribution in [1.82, 2.24) is 19.7 Å². The summed E-state index contributed by atoms with van der Waals surface area (Å²) in [4.78, 5) is 18.7. The van der Waals surface area contributed by atoms with Crippen molar-refractivity contribution in [2.45, 2.75) is 0 Å². The van der Waals surface area contributed by atoms with E-state index in [1.54, 1.807) is 0 Å². The number of carboxylic acids is 1. The lowest BCUT2D eigenvalue weighted by molar-refractivity contribution is 0.0698. The molecule has 0 aliphatic rings. The first kappa shape index (κ1) is 12.3. The molecule has 0 spiro atoms. The van der Waals surface area contributed by atoms with Gasteiger partial charge in [0.15, 0.2) is 0 Å². The van der Waals surface area contributed by atoms with Gasteiger partial charge in [-0.15, -0.1) is 0 Å². The molecule has 2 rings (SSSR count). The normalized spacial score (nSPS) is 9.89. The molecule has 0 bridgehead atoms. The number of rotatable bonds is 3. The molecule has 9 heteroatoms. The smallest absolute Gasteiger partial charge is 0.341 e. The van der Waals surface area contributed by atoms with Crippen molar-refractivity contribution in [3.05, 3.63) is 23.5 Å². The van der Waals surface area contributed by atoms with Crippen LogP contribution < -0.4 is 10.5 Å². The zero-order valence-electron chi connectivity index (χ0n) is 9.73. The Balaban J connectivity index is 2.59. The summed E-state index contributed by atoms with van der Waals surface area (Å²) in [6.45, 7) is 0. The van der Waals surface area contributed by atoms with E-state index in [9.17, 15) is 4.79 Å². The minimum Gasteiger partial charge on any atom is -0.481 e. The molecule has 0 amide bonds. The summed E-state index contributed by atoms with van der Waals surface area (Å²) in [5.41, 5.74) is 5.51. The average molecular weight is 260 g/mol. The summed E-state index contributed by atoms with van der Waals surface area (Å²) < 4.78 is 5.93. The molecule has 0 saturated heterocycles. The number of nitrogens with zero attached hydrogens (tertiary/aromatic N) is 5. The van der Waals surface area contributed by atoms with Gasteiger partial charge in [-0.05, 0) is 0 Å². The molecular weight excluding hydrogens is 252 g/mol. The Kier molecular flexibility index (Phi) is 2.99. The SMILES string of the molecule is COc1cc(C#N)nc(-n2ncc(C(=O)O)c2N)n1. The van der Waals surface area contributed by atoms with Gasteiger partial charge in [-0.2, -0.15) is 25.0 Å². The average Bonchev–Trinajstić information content (AvgIpc) is 2.80. The molecule has 0 saturated carbocycles. The number of carbonyl (C=O) groups is 1. The standard InChI is InChI=1S/C10H8N6O3/c1-19-7-2-5(3-11)14-10(15-7)16-8(12)6(4-13-16)9(17)18/h2,4H,12H2,1H3,(H,17,18). The first-order valence-electron chi connectivity index (χ1n) is 4.97. The fourth-order valence-electron chi connectivity index (χ4n) is 1.35. The molecule has 0 radical (unpaired) electrons. The molecule has 9 nitrogen and oxygen atoms in total. The van der Waals surface area contributed by atoms with E-state index in [4.69, 9.17) is 20.8 Å². The van der Waals surface area contributed by atoms with Crippen LogP contribution >= 0.6 is 0 Å². The number of methoxy groups -OCH3 is 1. The first-order valence-corrected chi connectivity index (χ1v) is 4.97. The highest BCUT2D eigenvalue weighted by molar-refractivity contribution is 5.92. The fraction of sp³-hybridized carbons (Fsp3) is 0.100. The second-order valence-corrected chi connectivity index (χ2v) is 3.37. The lowest BCUT2D eigenvalue weighted by atomic mass is 10.3. The number of anilines is 1. The van der Waals surface area contributed by atoms with Gasteiger partial charge >= 0.3 is 5.97 Å². The molecule has 2 aromatic heterocycles. The molecule has 0 aliphatic heterocycles. The van der Waals surface area contributed by atoms with Crippen LogP contribution in [0.25, 0.3) is 5.95 Å². The molecule has 0 aromatic carbocycles. The van der Waals surface area contributed by atoms with Gasteiger partial charge in [0.05, 0.1) is 13.3 Å². The Morgan fingerprint density at radius 1 is 1.58 bits per heavy atom. The van der Waals surface area contributed by atoms with Gasteiger partial charge < -0.3 is 15.6 Å². The van der Waals surface area contributed by atoms with E-state index in [2.05, 4.69) is 15.1 Å². The largest absolute Gasteiger partial charge is 0.481 e. The zero-order valence-corrected chi connectivity index (χ0v) is 9.73. The molecule has 0 atom stereocenters. The van der Waals surface area contributed by atoms with Gasteiger partial charge in [0.25, 0.3) is 5.95 Å².